The summed E-state index contributed by atoms with van der Waals surface area (Å²) in [6, 6.07) is 9.08. The van der Waals surface area contributed by atoms with Gasteiger partial charge < -0.3 is 19.3 Å². The Kier molecular flexibility index (Phi) is 5.90. The molecule has 1 atom stereocenters. The van der Waals surface area contributed by atoms with Crippen LogP contribution in [0.1, 0.15) is 6.92 Å². The van der Waals surface area contributed by atoms with E-state index in [0.29, 0.717) is 36.3 Å². The molecule has 1 unspecified atom stereocenters. The summed E-state index contributed by atoms with van der Waals surface area (Å²) in [6.07, 6.45) is 1.47. The van der Waals surface area contributed by atoms with E-state index in [1.54, 1.807) is 18.2 Å². The van der Waals surface area contributed by atoms with Gasteiger partial charge in [-0.25, -0.2) is 9.97 Å². The second-order valence-corrected chi connectivity index (χ2v) is 6.47. The maximum Gasteiger partial charge on any atom is 0.248 e. The molecule has 1 saturated heterocycles. The van der Waals surface area contributed by atoms with E-state index in [1.165, 1.54) is 13.4 Å². The van der Waals surface area contributed by atoms with Crippen LogP contribution in [0.25, 0.3) is 0 Å². The zero-order valence-electron chi connectivity index (χ0n) is 14.8. The molecule has 2 heterocycles. The summed E-state index contributed by atoms with van der Waals surface area (Å²) in [7, 11) is 1.53. The number of para-hydroxylation sites is 1. The first kappa shape index (κ1) is 18.4. The Morgan fingerprint density at radius 1 is 1.31 bits per heavy atom. The minimum Gasteiger partial charge on any atom is -0.437 e. The van der Waals surface area contributed by atoms with Gasteiger partial charge in [0, 0.05) is 38.9 Å². The molecule has 2 aromatic rings. The summed E-state index contributed by atoms with van der Waals surface area (Å²) in [4.78, 5) is 24.5. The molecule has 7 nitrogen and oxygen atoms in total. The van der Waals surface area contributed by atoms with E-state index < -0.39 is 0 Å². The summed E-state index contributed by atoms with van der Waals surface area (Å²) >= 11 is 6.13. The lowest BCUT2D eigenvalue weighted by Crippen LogP contribution is -2.55. The molecule has 26 heavy (non-hydrogen) atoms. The quantitative estimate of drug-likeness (QED) is 0.799. The first-order valence-electron chi connectivity index (χ1n) is 8.36. The van der Waals surface area contributed by atoms with E-state index in [9.17, 15) is 4.79 Å². The minimum absolute atomic E-state index is 0.00470. The van der Waals surface area contributed by atoms with Crippen molar-refractivity contribution in [2.24, 2.45) is 0 Å². The molecule has 1 fully saturated rings. The Bertz CT molecular complexity index is 774. The van der Waals surface area contributed by atoms with Crippen LogP contribution in [0.5, 0.6) is 11.6 Å². The van der Waals surface area contributed by atoms with Gasteiger partial charge in [0.25, 0.3) is 0 Å². The topological polar surface area (TPSA) is 67.8 Å². The lowest BCUT2D eigenvalue weighted by Gasteiger charge is -2.40. The Balaban J connectivity index is 1.69. The average molecular weight is 377 g/mol. The van der Waals surface area contributed by atoms with E-state index in [0.717, 1.165) is 5.82 Å². The number of carbonyl (C=O) groups excluding carboxylic acids is 1. The number of piperazine rings is 1. The van der Waals surface area contributed by atoms with Crippen molar-refractivity contribution in [1.29, 1.82) is 0 Å². The van der Waals surface area contributed by atoms with E-state index in [1.807, 2.05) is 24.0 Å². The number of carbonyl (C=O) groups is 1. The lowest BCUT2D eigenvalue weighted by atomic mass is 10.2. The SMILES string of the molecule is COCC(=O)N1CCN(c2cc(Oc3ccccc3Cl)ncn2)CC1C. The zero-order chi connectivity index (χ0) is 18.5. The van der Waals surface area contributed by atoms with Crippen molar-refractivity contribution in [2.75, 3.05) is 38.3 Å². The number of anilines is 1. The molecule has 0 bridgehead atoms. The highest BCUT2D eigenvalue weighted by molar-refractivity contribution is 6.32. The van der Waals surface area contributed by atoms with E-state index in [-0.39, 0.29) is 18.6 Å². The summed E-state index contributed by atoms with van der Waals surface area (Å²) in [6.45, 7) is 4.10. The van der Waals surface area contributed by atoms with Gasteiger partial charge in [0.15, 0.2) is 0 Å². The number of aromatic nitrogens is 2. The second-order valence-electron chi connectivity index (χ2n) is 6.06. The van der Waals surface area contributed by atoms with Crippen molar-refractivity contribution in [3.8, 4) is 11.6 Å². The molecule has 0 saturated carbocycles. The zero-order valence-corrected chi connectivity index (χ0v) is 15.5. The lowest BCUT2D eigenvalue weighted by molar-refractivity contribution is -0.137. The van der Waals surface area contributed by atoms with E-state index >= 15 is 0 Å². The largest absolute Gasteiger partial charge is 0.437 e. The van der Waals surface area contributed by atoms with Crippen molar-refractivity contribution in [2.45, 2.75) is 13.0 Å². The minimum atomic E-state index is 0.00470. The van der Waals surface area contributed by atoms with Gasteiger partial charge in [-0.1, -0.05) is 23.7 Å². The standard InChI is InChI=1S/C18H21ClN4O3/c1-13-10-22(7-8-23(13)18(24)11-25-2)16-9-17(21-12-20-16)26-15-6-4-3-5-14(15)19/h3-6,9,12-13H,7-8,10-11H2,1-2H3. The smallest absolute Gasteiger partial charge is 0.248 e. The van der Waals surface area contributed by atoms with Crippen LogP contribution >= 0.6 is 11.6 Å². The van der Waals surface area contributed by atoms with Crippen LogP contribution in [-0.4, -0.2) is 60.2 Å². The highest BCUT2D eigenvalue weighted by Crippen LogP contribution is 2.29. The fraction of sp³-hybridized carbons (Fsp3) is 0.389. The molecule has 138 valence electrons. The molecule has 0 spiro atoms. The second kappa shape index (κ2) is 8.33. The van der Waals surface area contributed by atoms with Crippen molar-refractivity contribution < 1.29 is 14.3 Å². The number of ether oxygens (including phenoxy) is 2. The third kappa shape index (κ3) is 4.23. The van der Waals surface area contributed by atoms with Gasteiger partial charge in [-0.3, -0.25) is 4.79 Å². The van der Waals surface area contributed by atoms with Crippen molar-refractivity contribution in [3.05, 3.63) is 41.7 Å². The molecule has 0 aliphatic carbocycles. The first-order chi connectivity index (χ1) is 12.6. The predicted octanol–water partition coefficient (Wildman–Crippen LogP) is 2.61. The molecule has 1 aromatic heterocycles. The van der Waals surface area contributed by atoms with E-state index in [2.05, 4.69) is 14.9 Å². The van der Waals surface area contributed by atoms with Gasteiger partial charge in [-0.2, -0.15) is 0 Å². The van der Waals surface area contributed by atoms with Crippen LogP contribution in [0.3, 0.4) is 0 Å². The Hall–Kier alpha value is -2.38. The summed E-state index contributed by atoms with van der Waals surface area (Å²) in [5.41, 5.74) is 0. The summed E-state index contributed by atoms with van der Waals surface area (Å²) in [5.74, 6) is 1.73. The average Bonchev–Trinajstić information content (AvgIpc) is 2.64. The summed E-state index contributed by atoms with van der Waals surface area (Å²) in [5, 5.41) is 0.520. The van der Waals surface area contributed by atoms with Gasteiger partial charge in [-0.05, 0) is 19.1 Å². The number of halogens is 1. The van der Waals surface area contributed by atoms with Crippen LogP contribution in [0.4, 0.5) is 5.82 Å². The number of amides is 1. The van der Waals surface area contributed by atoms with Gasteiger partial charge in [0.2, 0.25) is 11.8 Å². The Morgan fingerprint density at radius 3 is 2.85 bits per heavy atom. The number of nitrogens with zero attached hydrogens (tertiary/aromatic N) is 4. The molecule has 1 aliphatic heterocycles. The number of methoxy groups -OCH3 is 1. The molecule has 0 radical (unpaired) electrons. The molecule has 8 heteroatoms. The van der Waals surface area contributed by atoms with Crippen LogP contribution in [0.2, 0.25) is 5.02 Å². The maximum atomic E-state index is 12.1. The fourth-order valence-corrected chi connectivity index (χ4v) is 3.12. The van der Waals surface area contributed by atoms with Crippen LogP contribution in [0.15, 0.2) is 36.7 Å². The molecule has 1 aromatic carbocycles. The number of rotatable bonds is 5. The monoisotopic (exact) mass is 376 g/mol. The van der Waals surface area contributed by atoms with Crippen molar-refractivity contribution in [1.82, 2.24) is 14.9 Å². The molecule has 3 rings (SSSR count). The van der Waals surface area contributed by atoms with E-state index in [4.69, 9.17) is 21.1 Å². The predicted molar refractivity (Wildman–Crippen MR) is 98.8 cm³/mol. The Labute approximate surface area is 157 Å². The van der Waals surface area contributed by atoms with Crippen LogP contribution < -0.4 is 9.64 Å². The number of hydrogen-bond donors (Lipinski definition) is 0. The van der Waals surface area contributed by atoms with Gasteiger partial charge in [-0.15, -0.1) is 0 Å². The molecule has 1 amide bonds. The van der Waals surface area contributed by atoms with Crippen molar-refractivity contribution >= 4 is 23.3 Å². The highest BCUT2D eigenvalue weighted by atomic mass is 35.5. The van der Waals surface area contributed by atoms with Crippen LogP contribution in [0, 0.1) is 0 Å². The summed E-state index contributed by atoms with van der Waals surface area (Å²) < 4.78 is 10.7. The third-order valence-corrected chi connectivity index (χ3v) is 4.53. The molecule has 0 N–H and O–H groups in total. The number of benzene rings is 1. The Morgan fingerprint density at radius 2 is 2.12 bits per heavy atom. The van der Waals surface area contributed by atoms with Gasteiger partial charge >= 0.3 is 0 Å². The van der Waals surface area contributed by atoms with Crippen molar-refractivity contribution in [3.63, 3.8) is 0 Å². The first-order valence-corrected chi connectivity index (χ1v) is 8.74. The molecular formula is C18H21ClN4O3. The highest BCUT2D eigenvalue weighted by Gasteiger charge is 2.28. The van der Waals surface area contributed by atoms with Gasteiger partial charge in [0.05, 0.1) is 5.02 Å². The third-order valence-electron chi connectivity index (χ3n) is 4.22. The maximum absolute atomic E-state index is 12.1. The fourth-order valence-electron chi connectivity index (χ4n) is 2.94. The van der Waals surface area contributed by atoms with Crippen LogP contribution in [-0.2, 0) is 9.53 Å². The normalized spacial score (nSPS) is 17.3. The van der Waals surface area contributed by atoms with Gasteiger partial charge in [0.1, 0.15) is 24.5 Å². The molecule has 1 aliphatic rings. The number of hydrogen-bond acceptors (Lipinski definition) is 6. The molecular weight excluding hydrogens is 356 g/mol.